The molecule has 5 nitrogen and oxygen atoms in total. The van der Waals surface area contributed by atoms with Gasteiger partial charge in [0.05, 0.1) is 12.7 Å². The molecular weight excluding hydrogens is 244 g/mol. The molecule has 1 saturated heterocycles. The van der Waals surface area contributed by atoms with Crippen molar-refractivity contribution in [2.24, 2.45) is 0 Å². The van der Waals surface area contributed by atoms with E-state index in [1.165, 1.54) is 0 Å². The lowest BCUT2D eigenvalue weighted by Crippen LogP contribution is -2.46. The Labute approximate surface area is 113 Å². The summed E-state index contributed by atoms with van der Waals surface area (Å²) >= 11 is 0. The lowest BCUT2D eigenvalue weighted by Gasteiger charge is -2.33. The van der Waals surface area contributed by atoms with Gasteiger partial charge in [-0.05, 0) is 25.0 Å². The van der Waals surface area contributed by atoms with E-state index in [1.54, 1.807) is 25.6 Å². The summed E-state index contributed by atoms with van der Waals surface area (Å²) in [5.41, 5.74) is 1.63. The second kappa shape index (κ2) is 6.63. The van der Waals surface area contributed by atoms with Gasteiger partial charge < -0.3 is 14.4 Å². The molecule has 1 fully saturated rings. The molecule has 0 bridgehead atoms. The molecule has 2 rings (SSSR count). The zero-order chi connectivity index (χ0) is 13.7. The standard InChI is InChI=1S/C14H20N2O3/c1-11-9-15-5-3-13(11)14(17)16-6-8-19-12(10-16)4-7-18-2/h3,5,9,12H,4,6-8,10H2,1-2H3. The van der Waals surface area contributed by atoms with Crippen LogP contribution in [0.1, 0.15) is 22.3 Å². The van der Waals surface area contributed by atoms with Crippen LogP contribution >= 0.6 is 0 Å². The number of rotatable bonds is 4. The smallest absolute Gasteiger partial charge is 0.254 e. The molecule has 0 aliphatic carbocycles. The number of carbonyl (C=O) groups excluding carboxylic acids is 1. The highest BCUT2D eigenvalue weighted by atomic mass is 16.5. The number of carbonyl (C=O) groups is 1. The minimum Gasteiger partial charge on any atom is -0.385 e. The Morgan fingerprint density at radius 3 is 3.21 bits per heavy atom. The molecule has 1 amide bonds. The highest BCUT2D eigenvalue weighted by molar-refractivity contribution is 5.95. The number of ether oxygens (including phenoxy) is 2. The number of hydrogen-bond acceptors (Lipinski definition) is 4. The maximum atomic E-state index is 12.5. The van der Waals surface area contributed by atoms with E-state index < -0.39 is 0 Å². The molecule has 1 aromatic rings. The van der Waals surface area contributed by atoms with Crippen LogP contribution in [0.4, 0.5) is 0 Å². The number of aryl methyl sites for hydroxylation is 1. The van der Waals surface area contributed by atoms with Crippen molar-refractivity contribution < 1.29 is 14.3 Å². The Morgan fingerprint density at radius 1 is 1.63 bits per heavy atom. The first kappa shape index (κ1) is 14.0. The second-order valence-corrected chi connectivity index (χ2v) is 4.72. The summed E-state index contributed by atoms with van der Waals surface area (Å²) in [5.74, 6) is 0.0608. The van der Waals surface area contributed by atoms with E-state index in [0.29, 0.717) is 26.3 Å². The normalized spacial score (nSPS) is 19.5. The minimum absolute atomic E-state index is 0.0608. The van der Waals surface area contributed by atoms with Gasteiger partial charge in [-0.25, -0.2) is 0 Å². The van der Waals surface area contributed by atoms with Gasteiger partial charge in [0, 0.05) is 44.8 Å². The minimum atomic E-state index is 0.0608. The lowest BCUT2D eigenvalue weighted by atomic mass is 10.1. The van der Waals surface area contributed by atoms with Crippen molar-refractivity contribution in [2.45, 2.75) is 19.4 Å². The van der Waals surface area contributed by atoms with Gasteiger partial charge in [-0.3, -0.25) is 9.78 Å². The fourth-order valence-corrected chi connectivity index (χ4v) is 2.21. The third-order valence-corrected chi connectivity index (χ3v) is 3.32. The predicted octanol–water partition coefficient (Wildman–Crippen LogP) is 1.27. The predicted molar refractivity (Wildman–Crippen MR) is 71.1 cm³/mol. The van der Waals surface area contributed by atoms with Gasteiger partial charge in [-0.2, -0.15) is 0 Å². The molecule has 0 radical (unpaired) electrons. The van der Waals surface area contributed by atoms with Crippen LogP contribution in [0.15, 0.2) is 18.5 Å². The molecule has 1 unspecified atom stereocenters. The van der Waals surface area contributed by atoms with Crippen LogP contribution in [-0.4, -0.2) is 55.3 Å². The highest BCUT2D eigenvalue weighted by Crippen LogP contribution is 2.14. The van der Waals surface area contributed by atoms with Crippen molar-refractivity contribution in [1.29, 1.82) is 0 Å². The number of pyridine rings is 1. The molecular formula is C14H20N2O3. The molecule has 1 aliphatic rings. The first-order valence-electron chi connectivity index (χ1n) is 6.53. The maximum Gasteiger partial charge on any atom is 0.254 e. The monoisotopic (exact) mass is 264 g/mol. The number of hydrogen-bond donors (Lipinski definition) is 0. The van der Waals surface area contributed by atoms with E-state index in [2.05, 4.69) is 4.98 Å². The summed E-state index contributed by atoms with van der Waals surface area (Å²) < 4.78 is 10.7. The third-order valence-electron chi connectivity index (χ3n) is 3.32. The van der Waals surface area contributed by atoms with Gasteiger partial charge in [0.25, 0.3) is 5.91 Å². The van der Waals surface area contributed by atoms with Crippen LogP contribution in [0, 0.1) is 6.92 Å². The average molecular weight is 264 g/mol. The Kier molecular flexibility index (Phi) is 4.87. The quantitative estimate of drug-likeness (QED) is 0.821. The third kappa shape index (κ3) is 3.52. The number of morpholine rings is 1. The lowest BCUT2D eigenvalue weighted by molar-refractivity contribution is -0.0333. The van der Waals surface area contributed by atoms with Gasteiger partial charge in [0.15, 0.2) is 0 Å². The summed E-state index contributed by atoms with van der Waals surface area (Å²) in [6.07, 6.45) is 4.26. The highest BCUT2D eigenvalue weighted by Gasteiger charge is 2.25. The maximum absolute atomic E-state index is 12.5. The number of aromatic nitrogens is 1. The Bertz CT molecular complexity index is 436. The van der Waals surface area contributed by atoms with Crippen molar-refractivity contribution in [1.82, 2.24) is 9.88 Å². The SMILES string of the molecule is COCCC1CN(C(=O)c2ccncc2C)CCO1. The Hall–Kier alpha value is -1.46. The van der Waals surface area contributed by atoms with Crippen LogP contribution < -0.4 is 0 Å². The molecule has 104 valence electrons. The fourth-order valence-electron chi connectivity index (χ4n) is 2.21. The topological polar surface area (TPSA) is 51.7 Å². The van der Waals surface area contributed by atoms with Crippen molar-refractivity contribution in [3.8, 4) is 0 Å². The van der Waals surface area contributed by atoms with Gasteiger partial charge in [0.1, 0.15) is 0 Å². The summed E-state index contributed by atoms with van der Waals surface area (Å²) in [6.45, 7) is 4.42. The molecule has 1 aromatic heterocycles. The van der Waals surface area contributed by atoms with E-state index in [1.807, 2.05) is 11.8 Å². The van der Waals surface area contributed by atoms with Crippen LogP contribution in [0.3, 0.4) is 0 Å². The fraction of sp³-hybridized carbons (Fsp3) is 0.571. The van der Waals surface area contributed by atoms with Crippen LogP contribution in [0.5, 0.6) is 0 Å². The number of nitrogens with zero attached hydrogens (tertiary/aromatic N) is 2. The van der Waals surface area contributed by atoms with Crippen molar-refractivity contribution in [3.63, 3.8) is 0 Å². The number of methoxy groups -OCH3 is 1. The molecule has 1 atom stereocenters. The Morgan fingerprint density at radius 2 is 2.47 bits per heavy atom. The van der Waals surface area contributed by atoms with E-state index in [4.69, 9.17) is 9.47 Å². The summed E-state index contributed by atoms with van der Waals surface area (Å²) in [6, 6.07) is 1.78. The van der Waals surface area contributed by atoms with Gasteiger partial charge >= 0.3 is 0 Å². The van der Waals surface area contributed by atoms with Crippen LogP contribution in [0.25, 0.3) is 0 Å². The zero-order valence-corrected chi connectivity index (χ0v) is 11.5. The van der Waals surface area contributed by atoms with Crippen molar-refractivity contribution >= 4 is 5.91 Å². The molecule has 0 spiro atoms. The molecule has 1 aliphatic heterocycles. The van der Waals surface area contributed by atoms with Gasteiger partial charge in [0.2, 0.25) is 0 Å². The molecule has 2 heterocycles. The van der Waals surface area contributed by atoms with Gasteiger partial charge in [-0.15, -0.1) is 0 Å². The first-order chi connectivity index (χ1) is 9.22. The summed E-state index contributed by atoms with van der Waals surface area (Å²) in [5, 5.41) is 0. The Balaban J connectivity index is 2.01. The van der Waals surface area contributed by atoms with Crippen LogP contribution in [-0.2, 0) is 9.47 Å². The van der Waals surface area contributed by atoms with E-state index in [0.717, 1.165) is 17.5 Å². The van der Waals surface area contributed by atoms with Crippen LogP contribution in [0.2, 0.25) is 0 Å². The summed E-state index contributed by atoms with van der Waals surface area (Å²) in [4.78, 5) is 18.3. The number of amides is 1. The van der Waals surface area contributed by atoms with Crippen molar-refractivity contribution in [3.05, 3.63) is 29.6 Å². The molecule has 0 saturated carbocycles. The van der Waals surface area contributed by atoms with E-state index >= 15 is 0 Å². The second-order valence-electron chi connectivity index (χ2n) is 4.72. The van der Waals surface area contributed by atoms with Gasteiger partial charge in [-0.1, -0.05) is 0 Å². The zero-order valence-electron chi connectivity index (χ0n) is 11.5. The largest absolute Gasteiger partial charge is 0.385 e. The van der Waals surface area contributed by atoms with E-state index in [9.17, 15) is 4.79 Å². The molecule has 0 aromatic carbocycles. The molecule has 19 heavy (non-hydrogen) atoms. The average Bonchev–Trinajstić information content (AvgIpc) is 2.45. The molecule has 5 heteroatoms. The van der Waals surface area contributed by atoms with Crippen molar-refractivity contribution in [2.75, 3.05) is 33.4 Å². The van der Waals surface area contributed by atoms with E-state index in [-0.39, 0.29) is 12.0 Å². The molecule has 0 N–H and O–H groups in total. The summed E-state index contributed by atoms with van der Waals surface area (Å²) in [7, 11) is 1.67. The first-order valence-corrected chi connectivity index (χ1v) is 6.53.